The molecule has 1 aromatic carbocycles. The van der Waals surface area contributed by atoms with Gasteiger partial charge in [0, 0.05) is 11.4 Å². The summed E-state index contributed by atoms with van der Waals surface area (Å²) in [4.78, 5) is 39.1. The standard InChI is InChI=1S/C16H17N3O4/c1-10-8-11(2)19(16(23)17-10)9-13(20)18-14(15(21)22)12-6-4-3-5-7-12/h3-8,14H,9H2,1-2H3,(H,18,20)(H,21,22)/t14-/m0/s1. The molecule has 0 radical (unpaired) electrons. The third kappa shape index (κ3) is 4.03. The Morgan fingerprint density at radius 1 is 1.26 bits per heavy atom. The molecule has 120 valence electrons. The number of carbonyl (C=O) groups is 2. The first kappa shape index (κ1) is 16.4. The van der Waals surface area contributed by atoms with Crippen LogP contribution in [0.15, 0.2) is 41.2 Å². The highest BCUT2D eigenvalue weighted by Crippen LogP contribution is 2.12. The van der Waals surface area contributed by atoms with Crippen LogP contribution in [0.25, 0.3) is 0 Å². The lowest BCUT2D eigenvalue weighted by Crippen LogP contribution is -2.39. The Labute approximate surface area is 132 Å². The van der Waals surface area contributed by atoms with Gasteiger partial charge >= 0.3 is 11.7 Å². The van der Waals surface area contributed by atoms with Gasteiger partial charge in [-0.25, -0.2) is 9.59 Å². The number of nitrogens with one attached hydrogen (secondary N) is 1. The number of aryl methyl sites for hydroxylation is 2. The van der Waals surface area contributed by atoms with Gasteiger partial charge in [0.1, 0.15) is 6.54 Å². The van der Waals surface area contributed by atoms with Crippen molar-refractivity contribution in [3.63, 3.8) is 0 Å². The van der Waals surface area contributed by atoms with Crippen LogP contribution in [-0.2, 0) is 16.1 Å². The number of nitrogens with zero attached hydrogens (tertiary/aromatic N) is 2. The lowest BCUT2D eigenvalue weighted by Gasteiger charge is -2.16. The van der Waals surface area contributed by atoms with Crippen LogP contribution < -0.4 is 11.0 Å². The molecule has 1 aromatic heterocycles. The first-order chi connectivity index (χ1) is 10.9. The molecule has 0 bridgehead atoms. The number of hydrogen-bond donors (Lipinski definition) is 2. The second kappa shape index (κ2) is 6.87. The van der Waals surface area contributed by atoms with Crippen LogP contribution in [0.2, 0.25) is 0 Å². The Morgan fingerprint density at radius 3 is 2.48 bits per heavy atom. The zero-order valence-electron chi connectivity index (χ0n) is 12.8. The molecule has 0 unspecified atom stereocenters. The molecule has 0 aliphatic carbocycles. The molecule has 0 fully saturated rings. The third-order valence-electron chi connectivity index (χ3n) is 3.33. The Hall–Kier alpha value is -2.96. The lowest BCUT2D eigenvalue weighted by molar-refractivity contribution is -0.142. The summed E-state index contributed by atoms with van der Waals surface area (Å²) in [5.41, 5.74) is 1.07. The minimum atomic E-state index is -1.17. The highest BCUT2D eigenvalue weighted by molar-refractivity contribution is 5.84. The van der Waals surface area contributed by atoms with E-state index in [9.17, 15) is 19.5 Å². The zero-order chi connectivity index (χ0) is 17.0. The highest BCUT2D eigenvalue weighted by atomic mass is 16.4. The van der Waals surface area contributed by atoms with Crippen molar-refractivity contribution in [1.29, 1.82) is 0 Å². The van der Waals surface area contributed by atoms with Crippen molar-refractivity contribution in [3.8, 4) is 0 Å². The van der Waals surface area contributed by atoms with Crippen molar-refractivity contribution in [2.45, 2.75) is 26.4 Å². The maximum Gasteiger partial charge on any atom is 0.348 e. The van der Waals surface area contributed by atoms with Crippen LogP contribution in [0.3, 0.4) is 0 Å². The molecule has 23 heavy (non-hydrogen) atoms. The van der Waals surface area contributed by atoms with E-state index in [0.717, 1.165) is 0 Å². The predicted octanol–water partition coefficient (Wildman–Crippen LogP) is 0.802. The number of aromatic nitrogens is 2. The van der Waals surface area contributed by atoms with Crippen LogP contribution in [0.5, 0.6) is 0 Å². The van der Waals surface area contributed by atoms with E-state index in [4.69, 9.17) is 0 Å². The average molecular weight is 315 g/mol. The second-order valence-corrected chi connectivity index (χ2v) is 5.16. The maximum atomic E-state index is 12.1. The van der Waals surface area contributed by atoms with Crippen molar-refractivity contribution in [3.05, 3.63) is 63.8 Å². The summed E-state index contributed by atoms with van der Waals surface area (Å²) in [6, 6.07) is 8.88. The number of aliphatic carboxylic acids is 1. The first-order valence-electron chi connectivity index (χ1n) is 7.00. The maximum absolute atomic E-state index is 12.1. The molecule has 7 nitrogen and oxygen atoms in total. The van der Waals surface area contributed by atoms with Crippen molar-refractivity contribution in [1.82, 2.24) is 14.9 Å². The molecule has 0 spiro atoms. The van der Waals surface area contributed by atoms with Gasteiger partial charge < -0.3 is 10.4 Å². The average Bonchev–Trinajstić information content (AvgIpc) is 2.49. The molecule has 0 aliphatic rings. The van der Waals surface area contributed by atoms with Crippen LogP contribution in [-0.4, -0.2) is 26.5 Å². The molecule has 1 amide bonds. The number of rotatable bonds is 5. The molecular formula is C16H17N3O4. The van der Waals surface area contributed by atoms with Crippen LogP contribution in [0, 0.1) is 13.8 Å². The van der Waals surface area contributed by atoms with E-state index in [-0.39, 0.29) is 6.54 Å². The SMILES string of the molecule is Cc1cc(C)n(CC(=O)N[C@H](C(=O)O)c2ccccc2)c(=O)n1. The molecular weight excluding hydrogens is 298 g/mol. The number of hydrogen-bond acceptors (Lipinski definition) is 4. The van der Waals surface area contributed by atoms with Gasteiger partial charge in [0.05, 0.1) is 0 Å². The number of carbonyl (C=O) groups excluding carboxylic acids is 1. The fourth-order valence-electron chi connectivity index (χ4n) is 2.25. The summed E-state index contributed by atoms with van der Waals surface area (Å²) >= 11 is 0. The van der Waals surface area contributed by atoms with E-state index < -0.39 is 23.6 Å². The van der Waals surface area contributed by atoms with E-state index in [1.165, 1.54) is 4.57 Å². The van der Waals surface area contributed by atoms with Crippen LogP contribution in [0.4, 0.5) is 0 Å². The molecule has 1 heterocycles. The number of carboxylic acid groups (broad SMARTS) is 1. The van der Waals surface area contributed by atoms with Gasteiger partial charge in [0.15, 0.2) is 6.04 Å². The Bertz CT molecular complexity index is 784. The molecule has 0 aliphatic heterocycles. The lowest BCUT2D eigenvalue weighted by atomic mass is 10.1. The number of carboxylic acids is 1. The molecule has 2 aromatic rings. The quantitative estimate of drug-likeness (QED) is 0.850. The minimum absolute atomic E-state index is 0.283. The van der Waals surface area contributed by atoms with Gasteiger partial charge in [-0.15, -0.1) is 0 Å². The van der Waals surface area contributed by atoms with Gasteiger partial charge in [0.25, 0.3) is 0 Å². The fraction of sp³-hybridized carbons (Fsp3) is 0.250. The van der Waals surface area contributed by atoms with Gasteiger partial charge in [0.2, 0.25) is 5.91 Å². The molecule has 0 saturated carbocycles. The smallest absolute Gasteiger partial charge is 0.348 e. The van der Waals surface area contributed by atoms with Gasteiger partial charge in [-0.3, -0.25) is 9.36 Å². The van der Waals surface area contributed by atoms with Gasteiger partial charge in [-0.2, -0.15) is 4.98 Å². The molecule has 2 rings (SSSR count). The largest absolute Gasteiger partial charge is 0.479 e. The van der Waals surface area contributed by atoms with E-state index in [1.807, 2.05) is 0 Å². The Kier molecular flexibility index (Phi) is 4.90. The van der Waals surface area contributed by atoms with E-state index in [0.29, 0.717) is 17.0 Å². The first-order valence-corrected chi connectivity index (χ1v) is 7.00. The third-order valence-corrected chi connectivity index (χ3v) is 3.33. The summed E-state index contributed by atoms with van der Waals surface area (Å²) in [6.45, 7) is 3.10. The molecule has 0 saturated heterocycles. The van der Waals surface area contributed by atoms with Gasteiger partial charge in [-0.1, -0.05) is 30.3 Å². The Balaban J connectivity index is 2.18. The van der Waals surface area contributed by atoms with E-state index >= 15 is 0 Å². The van der Waals surface area contributed by atoms with Crippen molar-refractivity contribution in [2.75, 3.05) is 0 Å². The number of amides is 1. The van der Waals surface area contributed by atoms with E-state index in [2.05, 4.69) is 10.3 Å². The van der Waals surface area contributed by atoms with E-state index in [1.54, 1.807) is 50.2 Å². The second-order valence-electron chi connectivity index (χ2n) is 5.16. The van der Waals surface area contributed by atoms with Gasteiger partial charge in [-0.05, 0) is 25.5 Å². The summed E-state index contributed by atoms with van der Waals surface area (Å²) in [5, 5.41) is 11.7. The van der Waals surface area contributed by atoms with Crippen LogP contribution >= 0.6 is 0 Å². The highest BCUT2D eigenvalue weighted by Gasteiger charge is 2.22. The van der Waals surface area contributed by atoms with Crippen LogP contribution in [0.1, 0.15) is 23.0 Å². The molecule has 7 heteroatoms. The normalized spacial score (nSPS) is 11.7. The van der Waals surface area contributed by atoms with Crippen molar-refractivity contribution >= 4 is 11.9 Å². The minimum Gasteiger partial charge on any atom is -0.479 e. The monoisotopic (exact) mass is 315 g/mol. The fourth-order valence-corrected chi connectivity index (χ4v) is 2.25. The number of benzene rings is 1. The topological polar surface area (TPSA) is 101 Å². The summed E-state index contributed by atoms with van der Waals surface area (Å²) in [6.07, 6.45) is 0. The molecule has 1 atom stereocenters. The Morgan fingerprint density at radius 2 is 1.91 bits per heavy atom. The van der Waals surface area contributed by atoms with Crippen molar-refractivity contribution < 1.29 is 14.7 Å². The summed E-state index contributed by atoms with van der Waals surface area (Å²) in [5.74, 6) is -1.74. The summed E-state index contributed by atoms with van der Waals surface area (Å²) < 4.78 is 1.20. The van der Waals surface area contributed by atoms with Crippen molar-refractivity contribution in [2.24, 2.45) is 0 Å². The molecule has 2 N–H and O–H groups in total. The predicted molar refractivity (Wildman–Crippen MR) is 82.9 cm³/mol. The zero-order valence-corrected chi connectivity index (χ0v) is 12.8. The summed E-state index contributed by atoms with van der Waals surface area (Å²) in [7, 11) is 0.